The van der Waals surface area contributed by atoms with Crippen LogP contribution in [0.1, 0.15) is 0 Å². The predicted molar refractivity (Wildman–Crippen MR) is 168 cm³/mol. The van der Waals surface area contributed by atoms with Crippen LogP contribution in [-0.4, -0.2) is 4.57 Å². The van der Waals surface area contributed by atoms with Crippen molar-refractivity contribution in [2.75, 3.05) is 0 Å². The van der Waals surface area contributed by atoms with Gasteiger partial charge in [0, 0.05) is 26.9 Å². The fraction of sp³-hybridized carbons (Fsp3) is 0. The molecule has 0 N–H and O–H groups in total. The number of hydrogen-bond acceptors (Lipinski definition) is 1. The van der Waals surface area contributed by atoms with Gasteiger partial charge >= 0.3 is 0 Å². The molecule has 2 heteroatoms. The Morgan fingerprint density at radius 2 is 1.02 bits per heavy atom. The lowest BCUT2D eigenvalue weighted by atomic mass is 9.99. The summed E-state index contributed by atoms with van der Waals surface area (Å²) in [6.07, 6.45) is 0. The molecule has 7 aromatic carbocycles. The van der Waals surface area contributed by atoms with Gasteiger partial charge < -0.3 is 8.98 Å². The minimum absolute atomic E-state index is 0.932. The molecule has 2 nitrogen and oxygen atoms in total. The highest BCUT2D eigenvalue weighted by Gasteiger charge is 2.24. The lowest BCUT2D eigenvalue weighted by Crippen LogP contribution is -1.95. The maximum absolute atomic E-state index is 6.23. The van der Waals surface area contributed by atoms with Crippen LogP contribution in [0.25, 0.3) is 93.2 Å². The molecule has 0 atom stereocenters. The van der Waals surface area contributed by atoms with E-state index in [0.29, 0.717) is 0 Å². The van der Waals surface area contributed by atoms with Crippen LogP contribution in [0.2, 0.25) is 0 Å². The van der Waals surface area contributed by atoms with Crippen molar-refractivity contribution in [1.82, 2.24) is 4.57 Å². The van der Waals surface area contributed by atoms with Crippen molar-refractivity contribution in [1.29, 1.82) is 0 Å². The van der Waals surface area contributed by atoms with Crippen molar-refractivity contribution in [3.05, 3.63) is 127 Å². The van der Waals surface area contributed by atoms with Crippen LogP contribution in [-0.2, 0) is 0 Å². The van der Waals surface area contributed by atoms with Gasteiger partial charge in [-0.2, -0.15) is 0 Å². The first-order chi connectivity index (χ1) is 19.9. The van der Waals surface area contributed by atoms with E-state index in [0.717, 1.165) is 11.2 Å². The largest absolute Gasteiger partial charge is 0.456 e. The highest BCUT2D eigenvalue weighted by molar-refractivity contribution is 6.29. The zero-order chi connectivity index (χ0) is 25.9. The summed E-state index contributed by atoms with van der Waals surface area (Å²) < 4.78 is 8.70. The summed E-state index contributed by atoms with van der Waals surface area (Å²) in [6, 6.07) is 46.3. The Kier molecular flexibility index (Phi) is 3.70. The molecule has 10 rings (SSSR count). The molecule has 40 heavy (non-hydrogen) atoms. The Balaban J connectivity index is 1.36. The van der Waals surface area contributed by atoms with E-state index in [9.17, 15) is 0 Å². The number of nitrogens with zero attached hydrogens (tertiary/aromatic N) is 1. The maximum Gasteiger partial charge on any atom is 0.136 e. The van der Waals surface area contributed by atoms with Crippen LogP contribution in [0.5, 0.6) is 0 Å². The van der Waals surface area contributed by atoms with Crippen LogP contribution in [0.3, 0.4) is 0 Å². The summed E-state index contributed by atoms with van der Waals surface area (Å²) in [5.74, 6) is 0. The van der Waals surface area contributed by atoms with Gasteiger partial charge in [0.1, 0.15) is 11.2 Å². The van der Waals surface area contributed by atoms with E-state index in [-0.39, 0.29) is 0 Å². The van der Waals surface area contributed by atoms with Gasteiger partial charge in [0.25, 0.3) is 0 Å². The fourth-order valence-electron chi connectivity index (χ4n) is 7.34. The SMILES string of the molecule is c1ccc2c(c1)-c1cccc3c(-n4c5ccccc5c5c6ccc7oc8ccccc8c7c6ccc54)ccc-2c13. The van der Waals surface area contributed by atoms with Crippen molar-refractivity contribution in [3.63, 3.8) is 0 Å². The zero-order valence-electron chi connectivity index (χ0n) is 21.5. The summed E-state index contributed by atoms with van der Waals surface area (Å²) in [6.45, 7) is 0. The first-order valence-electron chi connectivity index (χ1n) is 13.8. The van der Waals surface area contributed by atoms with Crippen molar-refractivity contribution in [2.45, 2.75) is 0 Å². The lowest BCUT2D eigenvalue weighted by Gasteiger charge is -2.13. The molecule has 0 aliphatic heterocycles. The molecule has 0 saturated carbocycles. The first kappa shape index (κ1) is 20.6. The Bertz CT molecular complexity index is 2510. The average molecular weight is 508 g/mol. The molecule has 1 aliphatic rings. The second kappa shape index (κ2) is 7.19. The quantitative estimate of drug-likeness (QED) is 0.216. The minimum atomic E-state index is 0.932. The third-order valence-electron chi connectivity index (χ3n) is 8.94. The Morgan fingerprint density at radius 1 is 0.350 bits per heavy atom. The topological polar surface area (TPSA) is 18.1 Å². The Labute approximate surface area is 229 Å². The van der Waals surface area contributed by atoms with E-state index in [1.54, 1.807) is 0 Å². The van der Waals surface area contributed by atoms with Crippen molar-refractivity contribution in [3.8, 4) is 27.9 Å². The third kappa shape index (κ3) is 2.41. The summed E-state index contributed by atoms with van der Waals surface area (Å²) in [4.78, 5) is 0. The van der Waals surface area contributed by atoms with Crippen LogP contribution in [0.15, 0.2) is 132 Å². The average Bonchev–Trinajstić information content (AvgIpc) is 3.67. The smallest absolute Gasteiger partial charge is 0.136 e. The summed E-state index contributed by atoms with van der Waals surface area (Å²) in [5, 5.41) is 10.0. The number of aromatic nitrogens is 1. The number of rotatable bonds is 1. The molecule has 0 bridgehead atoms. The van der Waals surface area contributed by atoms with Gasteiger partial charge in [0.05, 0.1) is 16.7 Å². The van der Waals surface area contributed by atoms with Crippen LogP contribution in [0.4, 0.5) is 0 Å². The number of para-hydroxylation sites is 2. The van der Waals surface area contributed by atoms with Crippen LogP contribution in [0, 0.1) is 0 Å². The van der Waals surface area contributed by atoms with E-state index >= 15 is 0 Å². The van der Waals surface area contributed by atoms with Gasteiger partial charge in [0.15, 0.2) is 0 Å². The van der Waals surface area contributed by atoms with Gasteiger partial charge in [-0.1, -0.05) is 91.0 Å². The van der Waals surface area contributed by atoms with E-state index in [1.807, 2.05) is 6.07 Å². The Hall–Kier alpha value is -5.34. The first-order valence-corrected chi connectivity index (χ1v) is 13.8. The third-order valence-corrected chi connectivity index (χ3v) is 8.94. The van der Waals surface area contributed by atoms with Crippen LogP contribution >= 0.6 is 0 Å². The molecule has 0 radical (unpaired) electrons. The van der Waals surface area contributed by atoms with Crippen molar-refractivity contribution < 1.29 is 4.42 Å². The zero-order valence-corrected chi connectivity index (χ0v) is 21.5. The number of hydrogen-bond donors (Lipinski definition) is 0. The van der Waals surface area contributed by atoms with E-state index in [4.69, 9.17) is 4.42 Å². The minimum Gasteiger partial charge on any atom is -0.456 e. The molecule has 0 unspecified atom stereocenters. The summed E-state index contributed by atoms with van der Waals surface area (Å²) in [5.41, 5.74) is 10.8. The highest BCUT2D eigenvalue weighted by atomic mass is 16.3. The van der Waals surface area contributed by atoms with Crippen molar-refractivity contribution in [2.24, 2.45) is 0 Å². The molecular formula is C38H21NO. The van der Waals surface area contributed by atoms with E-state index in [1.165, 1.54) is 82.1 Å². The monoisotopic (exact) mass is 507 g/mol. The predicted octanol–water partition coefficient (Wildman–Crippen LogP) is 10.6. The maximum atomic E-state index is 6.23. The van der Waals surface area contributed by atoms with Gasteiger partial charge in [-0.15, -0.1) is 0 Å². The molecule has 0 spiro atoms. The molecule has 9 aromatic rings. The van der Waals surface area contributed by atoms with Gasteiger partial charge in [0.2, 0.25) is 0 Å². The number of fused-ring (bicyclic) bond motifs is 12. The molecule has 0 amide bonds. The molecular weight excluding hydrogens is 486 g/mol. The van der Waals surface area contributed by atoms with Gasteiger partial charge in [-0.3, -0.25) is 0 Å². The summed E-state index contributed by atoms with van der Waals surface area (Å²) in [7, 11) is 0. The summed E-state index contributed by atoms with van der Waals surface area (Å²) >= 11 is 0. The Morgan fingerprint density at radius 3 is 1.93 bits per heavy atom. The van der Waals surface area contributed by atoms with E-state index < -0.39 is 0 Å². The second-order valence-corrected chi connectivity index (χ2v) is 10.9. The fourth-order valence-corrected chi connectivity index (χ4v) is 7.34. The molecule has 0 fully saturated rings. The van der Waals surface area contributed by atoms with Gasteiger partial charge in [-0.05, 0) is 74.8 Å². The highest BCUT2D eigenvalue weighted by Crippen LogP contribution is 2.49. The van der Waals surface area contributed by atoms with Crippen LogP contribution < -0.4 is 0 Å². The lowest BCUT2D eigenvalue weighted by molar-refractivity contribution is 0.669. The molecule has 2 aromatic heterocycles. The van der Waals surface area contributed by atoms with Crippen molar-refractivity contribution >= 4 is 65.3 Å². The van der Waals surface area contributed by atoms with Gasteiger partial charge in [-0.25, -0.2) is 0 Å². The molecule has 2 heterocycles. The standard InChI is InChI=1S/C38H21NO/c1-2-9-23-22(8-1)24-12-7-13-28-32(19-16-25(23)36(24)28)39-31-14-5-3-10-29(31)37-26-18-21-35-38(27(26)17-20-33(37)39)30-11-4-6-15-34(30)40-35/h1-21H. The van der Waals surface area contributed by atoms with E-state index in [2.05, 4.69) is 126 Å². The molecule has 1 aliphatic carbocycles. The molecule has 184 valence electrons. The molecule has 0 saturated heterocycles. The normalized spacial score (nSPS) is 12.5. The number of furan rings is 1. The number of benzene rings is 7. The second-order valence-electron chi connectivity index (χ2n) is 10.9.